The number of aromatic nitrogens is 1. The minimum atomic E-state index is -3.92. The van der Waals surface area contributed by atoms with Gasteiger partial charge in [-0.15, -0.1) is 0 Å². The summed E-state index contributed by atoms with van der Waals surface area (Å²) in [5.74, 6) is 0.692. The summed E-state index contributed by atoms with van der Waals surface area (Å²) in [5, 5.41) is 0.745. The standard InChI is InChI=1S/C50H79N5O4S2/c1-4-6-7-8-9-10-11-12-13-14-15-16-17-18-19-20-39-59-44-21-24-46(25-22-44)61(57,58)49-41-51-48-26-23-45(60(3)56)40-47(48)50(49)55-33-29-42(30-34-55)53-31-27-43(28-32-53)54-37-35-52(5-2)36-38-54/h21-26,40-43H,4-20,27-39H2,1-3H3. The molecule has 0 saturated carbocycles. The Morgan fingerprint density at radius 1 is 0.656 bits per heavy atom. The second kappa shape index (κ2) is 25.1. The highest BCUT2D eigenvalue weighted by molar-refractivity contribution is 7.91. The number of likely N-dealkylation sites (tertiary alicyclic amines) is 1. The zero-order valence-electron chi connectivity index (χ0n) is 38.2. The first-order valence-corrected chi connectivity index (χ1v) is 27.5. The Balaban J connectivity index is 0.980. The molecule has 0 amide bonds. The molecule has 340 valence electrons. The number of likely N-dealkylation sites (N-methyl/N-ethyl adjacent to an activating group) is 1. The average molecular weight is 878 g/mol. The summed E-state index contributed by atoms with van der Waals surface area (Å²) < 4.78 is 47.8. The molecule has 11 heteroatoms. The molecule has 9 nitrogen and oxygen atoms in total. The van der Waals surface area contributed by atoms with Crippen molar-refractivity contribution in [3.05, 3.63) is 48.7 Å². The maximum absolute atomic E-state index is 14.5. The monoisotopic (exact) mass is 878 g/mol. The van der Waals surface area contributed by atoms with Gasteiger partial charge in [0.15, 0.2) is 0 Å². The summed E-state index contributed by atoms with van der Waals surface area (Å²) in [5.41, 5.74) is 1.40. The van der Waals surface area contributed by atoms with Crippen molar-refractivity contribution in [1.82, 2.24) is 19.7 Å². The van der Waals surface area contributed by atoms with E-state index in [0.29, 0.717) is 40.5 Å². The Morgan fingerprint density at radius 3 is 1.72 bits per heavy atom. The Kier molecular flexibility index (Phi) is 19.7. The number of nitrogens with zero attached hydrogens (tertiary/aromatic N) is 5. The molecule has 1 atom stereocenters. The van der Waals surface area contributed by atoms with Crippen molar-refractivity contribution in [2.75, 3.05) is 76.7 Å². The molecule has 0 N–H and O–H groups in total. The normalized spacial score (nSPS) is 18.6. The molecule has 0 radical (unpaired) electrons. The maximum Gasteiger partial charge on any atom is 0.210 e. The van der Waals surface area contributed by atoms with Crippen molar-refractivity contribution in [2.45, 2.75) is 169 Å². The second-order valence-electron chi connectivity index (χ2n) is 18.2. The molecule has 3 saturated heterocycles. The Labute approximate surface area is 372 Å². The first-order valence-electron chi connectivity index (χ1n) is 24.5. The third-order valence-corrected chi connectivity index (χ3v) is 16.7. The van der Waals surface area contributed by atoms with E-state index in [4.69, 9.17) is 4.74 Å². The van der Waals surface area contributed by atoms with Crippen LogP contribution in [0, 0.1) is 0 Å². The number of anilines is 1. The topological polar surface area (TPSA) is 86.3 Å². The molecule has 1 aromatic heterocycles. The summed E-state index contributed by atoms with van der Waals surface area (Å²) in [6.45, 7) is 14.9. The van der Waals surface area contributed by atoms with E-state index in [1.165, 1.54) is 135 Å². The Bertz CT molecular complexity index is 1870. The van der Waals surface area contributed by atoms with Gasteiger partial charge in [-0.3, -0.25) is 14.1 Å². The van der Waals surface area contributed by atoms with Gasteiger partial charge in [0.1, 0.15) is 10.6 Å². The molecule has 0 bridgehead atoms. The highest BCUT2D eigenvalue weighted by Gasteiger charge is 2.34. The second-order valence-corrected chi connectivity index (χ2v) is 21.5. The summed E-state index contributed by atoms with van der Waals surface area (Å²) in [6.07, 6.45) is 29.0. The van der Waals surface area contributed by atoms with Gasteiger partial charge in [-0.1, -0.05) is 110 Å². The Hall–Kier alpha value is -2.57. The number of sulfone groups is 1. The third kappa shape index (κ3) is 14.0. The van der Waals surface area contributed by atoms with Crippen molar-refractivity contribution >= 4 is 37.2 Å². The third-order valence-electron chi connectivity index (χ3n) is 14.0. The minimum Gasteiger partial charge on any atom is -0.494 e. The van der Waals surface area contributed by atoms with E-state index in [1.54, 1.807) is 30.5 Å². The van der Waals surface area contributed by atoms with Gasteiger partial charge >= 0.3 is 0 Å². The van der Waals surface area contributed by atoms with Crippen molar-refractivity contribution < 1.29 is 17.4 Å². The number of hydrogen-bond donors (Lipinski definition) is 0. The van der Waals surface area contributed by atoms with Crippen LogP contribution in [0.2, 0.25) is 0 Å². The van der Waals surface area contributed by atoms with Gasteiger partial charge in [-0.2, -0.15) is 0 Å². The van der Waals surface area contributed by atoms with E-state index in [9.17, 15) is 12.6 Å². The number of piperidine rings is 2. The molecular formula is C50H79N5O4S2. The molecule has 0 aliphatic carbocycles. The van der Waals surface area contributed by atoms with E-state index >= 15 is 0 Å². The minimum absolute atomic E-state index is 0.211. The number of fused-ring (bicyclic) bond motifs is 1. The van der Waals surface area contributed by atoms with E-state index in [1.807, 2.05) is 18.2 Å². The Morgan fingerprint density at radius 2 is 1.18 bits per heavy atom. The molecule has 6 rings (SSSR count). The lowest BCUT2D eigenvalue weighted by molar-refractivity contribution is 0.0449. The lowest BCUT2D eigenvalue weighted by Crippen LogP contribution is -2.55. The van der Waals surface area contributed by atoms with Crippen LogP contribution in [0.1, 0.15) is 142 Å². The van der Waals surface area contributed by atoms with Crippen LogP contribution in [0.5, 0.6) is 5.75 Å². The van der Waals surface area contributed by atoms with Crippen LogP contribution in [0.4, 0.5) is 5.69 Å². The van der Waals surface area contributed by atoms with E-state index in [-0.39, 0.29) is 9.79 Å². The molecule has 61 heavy (non-hydrogen) atoms. The van der Waals surface area contributed by atoms with Crippen LogP contribution >= 0.6 is 0 Å². The summed E-state index contributed by atoms with van der Waals surface area (Å²) in [6, 6.07) is 13.7. The van der Waals surface area contributed by atoms with E-state index in [2.05, 4.69) is 38.4 Å². The van der Waals surface area contributed by atoms with Gasteiger partial charge in [0.05, 0.1) is 22.7 Å². The summed E-state index contributed by atoms with van der Waals surface area (Å²) >= 11 is 0. The van der Waals surface area contributed by atoms with Gasteiger partial charge in [0.2, 0.25) is 9.84 Å². The van der Waals surface area contributed by atoms with Gasteiger partial charge in [-0.25, -0.2) is 8.42 Å². The van der Waals surface area contributed by atoms with Crippen LogP contribution in [0.15, 0.2) is 63.3 Å². The quantitative estimate of drug-likeness (QED) is 0.0773. The SMILES string of the molecule is CCCCCCCCCCCCCCCCCCOc1ccc(S(=O)(=O)c2cnc3ccc(S(C)=O)cc3c2N2CCC(N3CCC(N4CCN(CC)CC4)CC3)CC2)cc1. The van der Waals surface area contributed by atoms with Crippen molar-refractivity contribution in [3.63, 3.8) is 0 Å². The van der Waals surface area contributed by atoms with Gasteiger partial charge in [-0.05, 0) is 94.2 Å². The van der Waals surface area contributed by atoms with Crippen molar-refractivity contribution in [1.29, 1.82) is 0 Å². The number of piperazine rings is 1. The molecule has 3 aromatic rings. The zero-order chi connectivity index (χ0) is 42.9. The highest BCUT2D eigenvalue weighted by Crippen LogP contribution is 2.39. The lowest BCUT2D eigenvalue weighted by Gasteiger charge is -2.46. The summed E-state index contributed by atoms with van der Waals surface area (Å²) in [7, 11) is -5.14. The van der Waals surface area contributed by atoms with Crippen LogP contribution in [0.25, 0.3) is 10.9 Å². The molecule has 2 aromatic carbocycles. The number of pyridine rings is 1. The van der Waals surface area contributed by atoms with Crippen molar-refractivity contribution in [2.24, 2.45) is 0 Å². The smallest absolute Gasteiger partial charge is 0.210 e. The largest absolute Gasteiger partial charge is 0.494 e. The number of hydrogen-bond acceptors (Lipinski definition) is 9. The van der Waals surface area contributed by atoms with E-state index < -0.39 is 20.6 Å². The van der Waals surface area contributed by atoms with Gasteiger partial charge in [0.25, 0.3) is 0 Å². The number of ether oxygens (including phenoxy) is 1. The molecule has 3 aliphatic rings. The number of unbranched alkanes of at least 4 members (excludes halogenated alkanes) is 15. The molecule has 3 fully saturated rings. The summed E-state index contributed by atoms with van der Waals surface area (Å²) in [4.78, 5) is 16.0. The van der Waals surface area contributed by atoms with Crippen LogP contribution < -0.4 is 9.64 Å². The zero-order valence-corrected chi connectivity index (χ0v) is 39.8. The number of benzene rings is 2. The predicted molar refractivity (Wildman–Crippen MR) is 255 cm³/mol. The van der Waals surface area contributed by atoms with Crippen LogP contribution in [-0.2, 0) is 20.6 Å². The van der Waals surface area contributed by atoms with Crippen molar-refractivity contribution in [3.8, 4) is 5.75 Å². The van der Waals surface area contributed by atoms with Crippen LogP contribution in [-0.4, -0.2) is 116 Å². The first-order chi connectivity index (χ1) is 29.8. The number of rotatable bonds is 25. The fourth-order valence-electron chi connectivity index (χ4n) is 10.0. The molecule has 3 aliphatic heterocycles. The maximum atomic E-state index is 14.5. The first kappa shape index (κ1) is 47.9. The molecular weight excluding hydrogens is 799 g/mol. The molecule has 1 unspecified atom stereocenters. The van der Waals surface area contributed by atoms with Gasteiger partial charge in [0, 0.05) is 84.9 Å². The lowest BCUT2D eigenvalue weighted by atomic mass is 9.96. The van der Waals surface area contributed by atoms with Crippen LogP contribution in [0.3, 0.4) is 0 Å². The molecule has 4 heterocycles. The highest BCUT2D eigenvalue weighted by atomic mass is 32.2. The average Bonchev–Trinajstić information content (AvgIpc) is 3.29. The fourth-order valence-corrected chi connectivity index (χ4v) is 12.0. The molecule has 0 spiro atoms. The van der Waals surface area contributed by atoms with Gasteiger partial charge < -0.3 is 19.4 Å². The van der Waals surface area contributed by atoms with E-state index in [0.717, 1.165) is 63.8 Å². The fraction of sp³-hybridized carbons (Fsp3) is 0.700. The predicted octanol–water partition coefficient (Wildman–Crippen LogP) is 10.5.